The monoisotopic (exact) mass is 268 g/mol. The zero-order valence-corrected chi connectivity index (χ0v) is 11.4. The molecule has 4 heteroatoms. The number of piperazine rings is 1. The lowest BCUT2D eigenvalue weighted by atomic mass is 10.1. The lowest BCUT2D eigenvalue weighted by Gasteiger charge is -2.27. The van der Waals surface area contributed by atoms with E-state index >= 15 is 0 Å². The van der Waals surface area contributed by atoms with Crippen LogP contribution >= 0.6 is 12.4 Å². The van der Waals surface area contributed by atoms with Gasteiger partial charge in [-0.2, -0.15) is 0 Å². The largest absolute Gasteiger partial charge is 0.340 e. The second-order valence-corrected chi connectivity index (χ2v) is 4.47. The second-order valence-electron chi connectivity index (χ2n) is 4.47. The fourth-order valence-electron chi connectivity index (χ4n) is 2.16. The molecule has 1 aromatic carbocycles. The van der Waals surface area contributed by atoms with Gasteiger partial charge in [-0.3, -0.25) is 4.79 Å². The highest BCUT2D eigenvalue weighted by Crippen LogP contribution is 2.06. The summed E-state index contributed by atoms with van der Waals surface area (Å²) in [5.74, 6) is 0.308. The highest BCUT2D eigenvalue weighted by atomic mass is 35.5. The lowest BCUT2D eigenvalue weighted by molar-refractivity contribution is -0.131. The van der Waals surface area contributed by atoms with Crippen LogP contribution in [-0.4, -0.2) is 37.0 Å². The molecule has 1 amide bonds. The zero-order chi connectivity index (χ0) is 11.9. The molecule has 1 fully saturated rings. The van der Waals surface area contributed by atoms with E-state index in [1.54, 1.807) is 0 Å². The van der Waals surface area contributed by atoms with Crippen molar-refractivity contribution in [2.24, 2.45) is 0 Å². The average molecular weight is 269 g/mol. The van der Waals surface area contributed by atoms with Crippen LogP contribution in [0.2, 0.25) is 0 Å². The van der Waals surface area contributed by atoms with Crippen LogP contribution in [0.25, 0.3) is 0 Å². The molecule has 0 spiro atoms. The van der Waals surface area contributed by atoms with Crippen LogP contribution < -0.4 is 5.32 Å². The quantitative estimate of drug-likeness (QED) is 0.904. The number of carbonyl (C=O) groups is 1. The van der Waals surface area contributed by atoms with Crippen LogP contribution in [0.15, 0.2) is 30.3 Å². The first-order valence-corrected chi connectivity index (χ1v) is 6.39. The first-order valence-electron chi connectivity index (χ1n) is 6.39. The summed E-state index contributed by atoms with van der Waals surface area (Å²) >= 11 is 0. The van der Waals surface area contributed by atoms with E-state index in [4.69, 9.17) is 0 Å². The normalized spacial score (nSPS) is 15.0. The van der Waals surface area contributed by atoms with Gasteiger partial charge in [0.2, 0.25) is 5.91 Å². The van der Waals surface area contributed by atoms with Crippen molar-refractivity contribution in [2.75, 3.05) is 26.2 Å². The summed E-state index contributed by atoms with van der Waals surface area (Å²) in [5, 5.41) is 3.26. The Hall–Kier alpha value is -1.06. The second kappa shape index (κ2) is 8.11. The fraction of sp³-hybridized carbons (Fsp3) is 0.500. The maximum Gasteiger partial charge on any atom is 0.222 e. The van der Waals surface area contributed by atoms with Gasteiger partial charge in [-0.1, -0.05) is 30.3 Å². The molecule has 0 aromatic heterocycles. The third-order valence-corrected chi connectivity index (χ3v) is 3.17. The van der Waals surface area contributed by atoms with E-state index in [0.717, 1.165) is 39.0 Å². The Morgan fingerprint density at radius 2 is 1.83 bits per heavy atom. The molecule has 2 rings (SSSR count). The number of aryl methyl sites for hydroxylation is 1. The number of halogens is 1. The summed E-state index contributed by atoms with van der Waals surface area (Å²) < 4.78 is 0. The smallest absolute Gasteiger partial charge is 0.222 e. The Labute approximate surface area is 115 Å². The van der Waals surface area contributed by atoms with E-state index in [-0.39, 0.29) is 12.4 Å². The Balaban J connectivity index is 0.00000162. The van der Waals surface area contributed by atoms with Crippen molar-refractivity contribution in [3.63, 3.8) is 0 Å². The SMILES string of the molecule is Cl.O=C(CCCc1ccccc1)N1CCNCC1. The van der Waals surface area contributed by atoms with Crippen LogP contribution in [0.3, 0.4) is 0 Å². The molecule has 18 heavy (non-hydrogen) atoms. The zero-order valence-electron chi connectivity index (χ0n) is 10.6. The Bertz CT molecular complexity index is 350. The first kappa shape index (κ1) is 15.0. The molecule has 100 valence electrons. The molecular weight excluding hydrogens is 248 g/mol. The standard InChI is InChI=1S/C14H20N2O.ClH/c17-14(16-11-9-15-10-12-16)8-4-7-13-5-2-1-3-6-13;/h1-3,5-6,15H,4,7-12H2;1H. The van der Waals surface area contributed by atoms with E-state index in [0.29, 0.717) is 12.3 Å². The Morgan fingerprint density at radius 1 is 1.17 bits per heavy atom. The summed E-state index contributed by atoms with van der Waals surface area (Å²) in [4.78, 5) is 13.9. The summed E-state index contributed by atoms with van der Waals surface area (Å²) in [6.07, 6.45) is 2.63. The predicted molar refractivity (Wildman–Crippen MR) is 76.1 cm³/mol. The molecule has 0 aliphatic carbocycles. The average Bonchev–Trinajstić information content (AvgIpc) is 2.41. The van der Waals surface area contributed by atoms with Crippen molar-refractivity contribution in [2.45, 2.75) is 19.3 Å². The number of nitrogens with zero attached hydrogens (tertiary/aromatic N) is 1. The summed E-state index contributed by atoms with van der Waals surface area (Å²) in [6, 6.07) is 10.4. The third-order valence-electron chi connectivity index (χ3n) is 3.17. The lowest BCUT2D eigenvalue weighted by Crippen LogP contribution is -2.46. The molecule has 3 nitrogen and oxygen atoms in total. The minimum absolute atomic E-state index is 0. The van der Waals surface area contributed by atoms with Crippen LogP contribution in [0, 0.1) is 0 Å². The molecule has 1 aliphatic rings. The van der Waals surface area contributed by atoms with Crippen LogP contribution in [0.4, 0.5) is 0 Å². The van der Waals surface area contributed by atoms with Crippen molar-refractivity contribution < 1.29 is 4.79 Å². The van der Waals surface area contributed by atoms with Gasteiger partial charge < -0.3 is 10.2 Å². The number of nitrogens with one attached hydrogen (secondary N) is 1. The maximum absolute atomic E-state index is 11.9. The highest BCUT2D eigenvalue weighted by Gasteiger charge is 2.15. The van der Waals surface area contributed by atoms with Crippen LogP contribution in [-0.2, 0) is 11.2 Å². The number of hydrogen-bond acceptors (Lipinski definition) is 2. The summed E-state index contributed by atoms with van der Waals surface area (Å²) in [5.41, 5.74) is 1.32. The van der Waals surface area contributed by atoms with E-state index in [2.05, 4.69) is 17.4 Å². The molecule has 1 saturated heterocycles. The number of rotatable bonds is 4. The van der Waals surface area contributed by atoms with Gasteiger partial charge in [-0.05, 0) is 18.4 Å². The molecule has 0 saturated carbocycles. The molecular formula is C14H21ClN2O. The molecule has 1 heterocycles. The van der Waals surface area contributed by atoms with Gasteiger partial charge in [0.05, 0.1) is 0 Å². The maximum atomic E-state index is 11.9. The molecule has 1 aromatic rings. The van der Waals surface area contributed by atoms with Gasteiger partial charge in [0.15, 0.2) is 0 Å². The number of hydrogen-bond donors (Lipinski definition) is 1. The van der Waals surface area contributed by atoms with Gasteiger partial charge in [0.25, 0.3) is 0 Å². The van der Waals surface area contributed by atoms with E-state index in [9.17, 15) is 4.79 Å². The van der Waals surface area contributed by atoms with Gasteiger partial charge in [-0.15, -0.1) is 12.4 Å². The minimum Gasteiger partial charge on any atom is -0.340 e. The third kappa shape index (κ3) is 4.67. The van der Waals surface area contributed by atoms with E-state index in [1.165, 1.54) is 5.56 Å². The Kier molecular flexibility index (Phi) is 6.76. The fourth-order valence-corrected chi connectivity index (χ4v) is 2.16. The van der Waals surface area contributed by atoms with Gasteiger partial charge >= 0.3 is 0 Å². The van der Waals surface area contributed by atoms with Crippen LogP contribution in [0.1, 0.15) is 18.4 Å². The van der Waals surface area contributed by atoms with Crippen molar-refractivity contribution in [3.05, 3.63) is 35.9 Å². The van der Waals surface area contributed by atoms with Crippen LogP contribution in [0.5, 0.6) is 0 Å². The van der Waals surface area contributed by atoms with Gasteiger partial charge in [0.1, 0.15) is 0 Å². The number of benzene rings is 1. The Morgan fingerprint density at radius 3 is 2.50 bits per heavy atom. The molecule has 1 aliphatic heterocycles. The number of amides is 1. The summed E-state index contributed by atoms with van der Waals surface area (Å²) in [7, 11) is 0. The highest BCUT2D eigenvalue weighted by molar-refractivity contribution is 5.85. The molecule has 0 unspecified atom stereocenters. The predicted octanol–water partition coefficient (Wildman–Crippen LogP) is 1.86. The summed E-state index contributed by atoms with van der Waals surface area (Å²) in [6.45, 7) is 3.60. The van der Waals surface area contributed by atoms with E-state index in [1.807, 2.05) is 23.1 Å². The van der Waals surface area contributed by atoms with Crippen molar-refractivity contribution in [3.8, 4) is 0 Å². The topological polar surface area (TPSA) is 32.3 Å². The van der Waals surface area contributed by atoms with Crippen molar-refractivity contribution in [1.29, 1.82) is 0 Å². The molecule has 0 bridgehead atoms. The molecule has 0 radical (unpaired) electrons. The minimum atomic E-state index is 0. The van der Waals surface area contributed by atoms with Gasteiger partial charge in [0, 0.05) is 32.6 Å². The van der Waals surface area contributed by atoms with Crippen molar-refractivity contribution in [1.82, 2.24) is 10.2 Å². The molecule has 0 atom stereocenters. The van der Waals surface area contributed by atoms with Crippen molar-refractivity contribution >= 4 is 18.3 Å². The number of carbonyl (C=O) groups excluding carboxylic acids is 1. The van der Waals surface area contributed by atoms with E-state index < -0.39 is 0 Å². The van der Waals surface area contributed by atoms with Gasteiger partial charge in [-0.25, -0.2) is 0 Å². The molecule has 1 N–H and O–H groups in total. The first-order chi connectivity index (χ1) is 8.36.